The fourth-order valence-electron chi connectivity index (χ4n) is 2.65. The molecule has 0 aliphatic heterocycles. The van der Waals surface area contributed by atoms with Crippen molar-refractivity contribution < 1.29 is 9.00 Å². The van der Waals surface area contributed by atoms with Crippen molar-refractivity contribution in [3.05, 3.63) is 39.8 Å². The minimum Gasteiger partial charge on any atom is -0.294 e. The lowest BCUT2D eigenvalue weighted by atomic mass is 9.89. The minimum atomic E-state index is -1.43. The number of rotatable bonds is 6. The van der Waals surface area contributed by atoms with E-state index >= 15 is 0 Å². The van der Waals surface area contributed by atoms with Crippen molar-refractivity contribution in [1.82, 2.24) is 0 Å². The third kappa shape index (κ3) is 4.41. The van der Waals surface area contributed by atoms with Crippen LogP contribution in [0, 0.1) is 0 Å². The van der Waals surface area contributed by atoms with Gasteiger partial charge in [-0.1, -0.05) is 59.8 Å². The van der Waals surface area contributed by atoms with Gasteiger partial charge >= 0.3 is 0 Å². The summed E-state index contributed by atoms with van der Waals surface area (Å²) in [4.78, 5) is 13.1. The second kappa shape index (κ2) is 8.05. The van der Waals surface area contributed by atoms with Crippen LogP contribution in [-0.4, -0.2) is 9.99 Å². The first-order valence-electron chi connectivity index (χ1n) is 8.38. The summed E-state index contributed by atoms with van der Waals surface area (Å²) in [7, 11) is -1.43. The lowest BCUT2D eigenvalue weighted by Crippen LogP contribution is -2.12. The highest BCUT2D eigenvalue weighted by atomic mass is 32.2. The predicted octanol–water partition coefficient (Wildman–Crippen LogP) is 5.66. The summed E-state index contributed by atoms with van der Waals surface area (Å²) in [5.41, 5.74) is 3.46. The summed E-state index contributed by atoms with van der Waals surface area (Å²) in [5.74, 6) is 0.815. The Morgan fingerprint density at radius 2 is 1.39 bits per heavy atom. The van der Waals surface area contributed by atoms with Crippen LogP contribution in [0.1, 0.15) is 89.8 Å². The van der Waals surface area contributed by atoms with Gasteiger partial charge in [-0.25, -0.2) is 4.21 Å². The second-order valence-electron chi connectivity index (χ2n) is 6.97. The number of benzene rings is 1. The summed E-state index contributed by atoms with van der Waals surface area (Å²) in [6, 6.07) is 4.34. The van der Waals surface area contributed by atoms with Gasteiger partial charge in [-0.2, -0.15) is 0 Å². The molecule has 0 bridgehead atoms. The molecular formula is C20H30O2S. The van der Waals surface area contributed by atoms with Crippen LogP contribution >= 0.6 is 0 Å². The topological polar surface area (TPSA) is 34.1 Å². The van der Waals surface area contributed by atoms with Crippen LogP contribution in [0.4, 0.5) is 0 Å². The van der Waals surface area contributed by atoms with Crippen LogP contribution < -0.4 is 0 Å². The average Bonchev–Trinajstić information content (AvgIpc) is 2.45. The molecule has 0 fully saturated rings. The molecule has 0 saturated heterocycles. The van der Waals surface area contributed by atoms with E-state index in [4.69, 9.17) is 0 Å². The van der Waals surface area contributed by atoms with Crippen molar-refractivity contribution >= 4 is 16.6 Å². The Morgan fingerprint density at radius 1 is 0.957 bits per heavy atom. The fourth-order valence-corrected chi connectivity index (χ4v) is 4.37. The Bertz CT molecular complexity index is 608. The summed E-state index contributed by atoms with van der Waals surface area (Å²) >= 11 is 0. The fraction of sp³-hybridized carbons (Fsp3) is 0.550. The molecule has 0 aliphatic rings. The molecule has 0 aliphatic carbocycles. The Hall–Kier alpha value is -1.22. The largest absolute Gasteiger partial charge is 0.294 e. The number of ketones is 1. The first-order chi connectivity index (χ1) is 10.6. The van der Waals surface area contributed by atoms with Gasteiger partial charge in [-0.3, -0.25) is 4.79 Å². The highest BCUT2D eigenvalue weighted by Crippen LogP contribution is 2.36. The first kappa shape index (κ1) is 19.8. The normalized spacial score (nSPS) is 14.0. The first-order valence-corrected chi connectivity index (χ1v) is 9.53. The molecule has 1 atom stereocenters. The van der Waals surface area contributed by atoms with Gasteiger partial charge < -0.3 is 0 Å². The van der Waals surface area contributed by atoms with Gasteiger partial charge in [0.1, 0.15) is 0 Å². The number of carbonyl (C=O) groups is 1. The Labute approximate surface area is 143 Å². The van der Waals surface area contributed by atoms with E-state index in [2.05, 4.69) is 53.7 Å². The van der Waals surface area contributed by atoms with Gasteiger partial charge in [-0.15, -0.1) is 0 Å². The molecule has 0 spiro atoms. The summed E-state index contributed by atoms with van der Waals surface area (Å²) < 4.78 is 13.2. The van der Waals surface area contributed by atoms with Crippen molar-refractivity contribution in [3.63, 3.8) is 0 Å². The molecule has 1 aromatic rings. The highest BCUT2D eigenvalue weighted by Gasteiger charge is 2.24. The van der Waals surface area contributed by atoms with E-state index in [0.717, 1.165) is 16.0 Å². The number of hydrogen-bond donors (Lipinski definition) is 0. The van der Waals surface area contributed by atoms with E-state index in [0.29, 0.717) is 10.8 Å². The molecule has 1 aromatic carbocycles. The van der Waals surface area contributed by atoms with Crippen molar-refractivity contribution in [1.29, 1.82) is 0 Å². The number of allylic oxidation sites excluding steroid dienone is 2. The SMILES string of the molecule is C/C=C(\C(C)=O)S(=O)c1c(C(C)C)cc(C(C)C)cc1C(C)C. The molecule has 0 amide bonds. The molecule has 2 nitrogen and oxygen atoms in total. The van der Waals surface area contributed by atoms with Gasteiger partial charge in [0.15, 0.2) is 5.78 Å². The van der Waals surface area contributed by atoms with Crippen LogP contribution in [0.15, 0.2) is 28.0 Å². The third-order valence-corrected chi connectivity index (χ3v) is 5.84. The van der Waals surface area contributed by atoms with Crippen LogP contribution in [0.2, 0.25) is 0 Å². The van der Waals surface area contributed by atoms with Crippen molar-refractivity contribution in [3.8, 4) is 0 Å². The molecule has 0 N–H and O–H groups in total. The maximum Gasteiger partial charge on any atom is 0.168 e. The van der Waals surface area contributed by atoms with Gasteiger partial charge in [-0.05, 0) is 48.3 Å². The van der Waals surface area contributed by atoms with E-state index in [1.165, 1.54) is 12.5 Å². The van der Waals surface area contributed by atoms with E-state index < -0.39 is 10.8 Å². The van der Waals surface area contributed by atoms with Gasteiger partial charge in [0.2, 0.25) is 0 Å². The summed E-state index contributed by atoms with van der Waals surface area (Å²) in [6.45, 7) is 16.1. The Balaban J connectivity index is 3.74. The molecule has 0 aromatic heterocycles. The monoisotopic (exact) mass is 334 g/mol. The molecule has 0 saturated carbocycles. The zero-order valence-corrected chi connectivity index (χ0v) is 16.5. The smallest absolute Gasteiger partial charge is 0.168 e. The van der Waals surface area contributed by atoms with Gasteiger partial charge in [0, 0.05) is 0 Å². The molecule has 128 valence electrons. The molecule has 1 unspecified atom stereocenters. The zero-order valence-electron chi connectivity index (χ0n) is 15.7. The van der Waals surface area contributed by atoms with E-state index in [-0.39, 0.29) is 17.6 Å². The minimum absolute atomic E-state index is 0.122. The van der Waals surface area contributed by atoms with Crippen molar-refractivity contribution in [2.24, 2.45) is 0 Å². The molecule has 23 heavy (non-hydrogen) atoms. The lowest BCUT2D eigenvalue weighted by Gasteiger charge is -2.22. The van der Waals surface area contributed by atoms with Crippen LogP contribution in [-0.2, 0) is 15.6 Å². The average molecular weight is 335 g/mol. The van der Waals surface area contributed by atoms with Crippen LogP contribution in [0.3, 0.4) is 0 Å². The van der Waals surface area contributed by atoms with Gasteiger partial charge in [0.25, 0.3) is 0 Å². The molecule has 0 radical (unpaired) electrons. The van der Waals surface area contributed by atoms with E-state index in [9.17, 15) is 9.00 Å². The Morgan fingerprint density at radius 3 is 1.65 bits per heavy atom. The van der Waals surface area contributed by atoms with Gasteiger partial charge in [0.05, 0.1) is 20.6 Å². The molecule has 1 rings (SSSR count). The lowest BCUT2D eigenvalue weighted by molar-refractivity contribution is -0.113. The quantitative estimate of drug-likeness (QED) is 0.629. The molecule has 3 heteroatoms. The number of carbonyl (C=O) groups excluding carboxylic acids is 1. The summed E-state index contributed by atoms with van der Waals surface area (Å²) in [5, 5.41) is 0. The van der Waals surface area contributed by atoms with Crippen molar-refractivity contribution in [2.75, 3.05) is 0 Å². The number of hydrogen-bond acceptors (Lipinski definition) is 2. The van der Waals surface area contributed by atoms with E-state index in [1.54, 1.807) is 13.0 Å². The summed E-state index contributed by atoms with van der Waals surface area (Å²) in [6.07, 6.45) is 1.68. The standard InChI is InChI=1S/C20H30O2S/c1-9-19(15(8)21)23(22)20-17(13(4)5)10-16(12(2)3)11-18(20)14(6)7/h9-14H,1-8H3/b19-9+. The van der Waals surface area contributed by atoms with Crippen LogP contribution in [0.5, 0.6) is 0 Å². The number of Topliss-reactive ketones (excluding diaryl/α,β-unsaturated/α-hetero) is 1. The van der Waals surface area contributed by atoms with Crippen LogP contribution in [0.25, 0.3) is 0 Å². The highest BCUT2D eigenvalue weighted by molar-refractivity contribution is 7.90. The molecule has 0 heterocycles. The second-order valence-corrected chi connectivity index (χ2v) is 8.36. The molecular weight excluding hydrogens is 304 g/mol. The van der Waals surface area contributed by atoms with Crippen molar-refractivity contribution in [2.45, 2.75) is 78.0 Å². The Kier molecular flexibility index (Phi) is 6.94. The third-order valence-electron chi connectivity index (χ3n) is 4.07. The maximum atomic E-state index is 13.2. The maximum absolute atomic E-state index is 13.2. The predicted molar refractivity (Wildman–Crippen MR) is 99.6 cm³/mol. The zero-order chi connectivity index (χ0) is 17.9. The van der Waals surface area contributed by atoms with E-state index in [1.807, 2.05) is 0 Å².